The molecule has 5 nitrogen and oxygen atoms in total. The van der Waals surface area contributed by atoms with Crippen LogP contribution in [0.3, 0.4) is 0 Å². The average Bonchev–Trinajstić information content (AvgIpc) is 2.75. The van der Waals surface area contributed by atoms with Crippen LogP contribution in [-0.2, 0) is 4.79 Å². The molecule has 0 radical (unpaired) electrons. The van der Waals surface area contributed by atoms with Gasteiger partial charge in [0.15, 0.2) is 5.13 Å². The standard InChI is InChI=1S/C11H17N3O2S/c1-8-7-12-11(17-8)14-5-3-13(4-6-14)10(16)9(2)15/h7,9,15H,3-6H2,1-2H3. The molecule has 0 aliphatic carbocycles. The number of nitrogens with zero attached hydrogens (tertiary/aromatic N) is 3. The fourth-order valence-corrected chi connectivity index (χ4v) is 2.68. The summed E-state index contributed by atoms with van der Waals surface area (Å²) < 4.78 is 0. The highest BCUT2D eigenvalue weighted by molar-refractivity contribution is 7.15. The van der Waals surface area contributed by atoms with E-state index in [4.69, 9.17) is 0 Å². The SMILES string of the molecule is Cc1cnc(N2CCN(C(=O)C(C)O)CC2)s1. The maximum Gasteiger partial charge on any atom is 0.251 e. The minimum absolute atomic E-state index is 0.181. The van der Waals surface area contributed by atoms with Crippen LogP contribution in [-0.4, -0.2) is 53.2 Å². The third-order valence-corrected chi connectivity index (χ3v) is 3.80. The van der Waals surface area contributed by atoms with Crippen LogP contribution in [0.4, 0.5) is 5.13 Å². The van der Waals surface area contributed by atoms with E-state index in [1.807, 2.05) is 13.1 Å². The molecule has 2 heterocycles. The van der Waals surface area contributed by atoms with E-state index < -0.39 is 6.10 Å². The summed E-state index contributed by atoms with van der Waals surface area (Å²) in [5.41, 5.74) is 0. The lowest BCUT2D eigenvalue weighted by Gasteiger charge is -2.35. The lowest BCUT2D eigenvalue weighted by Crippen LogP contribution is -2.51. The van der Waals surface area contributed by atoms with Crippen molar-refractivity contribution < 1.29 is 9.90 Å². The minimum atomic E-state index is -0.899. The Morgan fingerprint density at radius 2 is 2.12 bits per heavy atom. The summed E-state index contributed by atoms with van der Waals surface area (Å²) in [4.78, 5) is 21.0. The number of carbonyl (C=O) groups is 1. The van der Waals surface area contributed by atoms with Crippen LogP contribution in [0.2, 0.25) is 0 Å². The molecule has 0 saturated carbocycles. The molecular weight excluding hydrogens is 238 g/mol. The van der Waals surface area contributed by atoms with Crippen LogP contribution in [0, 0.1) is 6.92 Å². The Hall–Kier alpha value is -1.14. The third-order valence-electron chi connectivity index (χ3n) is 2.83. The van der Waals surface area contributed by atoms with E-state index in [9.17, 15) is 9.90 Å². The molecule has 6 heteroatoms. The highest BCUT2D eigenvalue weighted by Crippen LogP contribution is 2.22. The van der Waals surface area contributed by atoms with Crippen LogP contribution in [0.25, 0.3) is 0 Å². The monoisotopic (exact) mass is 255 g/mol. The lowest BCUT2D eigenvalue weighted by atomic mass is 10.3. The zero-order valence-electron chi connectivity index (χ0n) is 10.1. The van der Waals surface area contributed by atoms with Gasteiger partial charge in [0.2, 0.25) is 0 Å². The number of hydrogen-bond acceptors (Lipinski definition) is 5. The first-order chi connectivity index (χ1) is 8.08. The molecular formula is C11H17N3O2S. The molecule has 1 aromatic heterocycles. The lowest BCUT2D eigenvalue weighted by molar-refractivity contribution is -0.139. The van der Waals surface area contributed by atoms with E-state index in [-0.39, 0.29) is 5.91 Å². The molecule has 0 spiro atoms. The second kappa shape index (κ2) is 5.01. The summed E-state index contributed by atoms with van der Waals surface area (Å²) in [6.45, 7) is 6.43. The van der Waals surface area contributed by atoms with Crippen molar-refractivity contribution in [2.75, 3.05) is 31.1 Å². The first kappa shape index (κ1) is 12.3. The van der Waals surface area contributed by atoms with Crippen molar-refractivity contribution in [1.29, 1.82) is 0 Å². The van der Waals surface area contributed by atoms with Crippen LogP contribution in [0.1, 0.15) is 11.8 Å². The summed E-state index contributed by atoms with van der Waals surface area (Å²) in [5.74, 6) is -0.181. The number of aliphatic hydroxyl groups excluding tert-OH is 1. The molecule has 1 aromatic rings. The second-order valence-electron chi connectivity index (χ2n) is 4.24. The fourth-order valence-electron chi connectivity index (χ4n) is 1.87. The molecule has 1 amide bonds. The van der Waals surface area contributed by atoms with Gasteiger partial charge >= 0.3 is 0 Å². The van der Waals surface area contributed by atoms with Crippen molar-refractivity contribution in [1.82, 2.24) is 9.88 Å². The molecule has 94 valence electrons. The van der Waals surface area contributed by atoms with Crippen molar-refractivity contribution in [3.05, 3.63) is 11.1 Å². The smallest absolute Gasteiger partial charge is 0.251 e. The van der Waals surface area contributed by atoms with Crippen LogP contribution >= 0.6 is 11.3 Å². The number of amides is 1. The van der Waals surface area contributed by atoms with Gasteiger partial charge in [-0.1, -0.05) is 0 Å². The molecule has 2 rings (SSSR count). The Balaban J connectivity index is 1.92. The van der Waals surface area contributed by atoms with Crippen LogP contribution < -0.4 is 4.90 Å². The number of rotatable bonds is 2. The van der Waals surface area contributed by atoms with Crippen molar-refractivity contribution in [2.24, 2.45) is 0 Å². The molecule has 1 unspecified atom stereocenters. The zero-order valence-corrected chi connectivity index (χ0v) is 10.9. The molecule has 17 heavy (non-hydrogen) atoms. The third kappa shape index (κ3) is 2.76. The Bertz CT molecular complexity index is 397. The minimum Gasteiger partial charge on any atom is -0.384 e. The number of aliphatic hydroxyl groups is 1. The number of aromatic nitrogens is 1. The molecule has 1 saturated heterocycles. The Morgan fingerprint density at radius 1 is 1.47 bits per heavy atom. The van der Waals surface area contributed by atoms with Gasteiger partial charge in [-0.15, -0.1) is 11.3 Å². The van der Waals surface area contributed by atoms with E-state index in [1.165, 1.54) is 11.8 Å². The molecule has 1 atom stereocenters. The van der Waals surface area contributed by atoms with Gasteiger partial charge < -0.3 is 14.9 Å². The first-order valence-corrected chi connectivity index (χ1v) is 6.54. The number of piperazine rings is 1. The van der Waals surface area contributed by atoms with Gasteiger partial charge in [0, 0.05) is 37.3 Å². The number of carbonyl (C=O) groups excluding carboxylic acids is 1. The average molecular weight is 255 g/mol. The summed E-state index contributed by atoms with van der Waals surface area (Å²) in [5, 5.41) is 10.3. The highest BCUT2D eigenvalue weighted by atomic mass is 32.1. The van der Waals surface area contributed by atoms with E-state index in [0.29, 0.717) is 13.1 Å². The van der Waals surface area contributed by atoms with Gasteiger partial charge in [0.25, 0.3) is 5.91 Å². The van der Waals surface area contributed by atoms with Crippen LogP contribution in [0.15, 0.2) is 6.20 Å². The summed E-state index contributed by atoms with van der Waals surface area (Å²) in [7, 11) is 0. The molecule has 0 aromatic carbocycles. The normalized spacial score (nSPS) is 18.3. The summed E-state index contributed by atoms with van der Waals surface area (Å²) in [6.07, 6.45) is 0.969. The van der Waals surface area contributed by atoms with E-state index in [2.05, 4.69) is 9.88 Å². The van der Waals surface area contributed by atoms with Gasteiger partial charge in [-0.3, -0.25) is 4.79 Å². The molecule has 1 fully saturated rings. The predicted octanol–water partition coefficient (Wildman–Crippen LogP) is 0.481. The molecule has 1 N–H and O–H groups in total. The number of hydrogen-bond donors (Lipinski definition) is 1. The summed E-state index contributed by atoms with van der Waals surface area (Å²) >= 11 is 1.67. The maximum atomic E-state index is 11.6. The topological polar surface area (TPSA) is 56.7 Å². The Morgan fingerprint density at radius 3 is 2.59 bits per heavy atom. The van der Waals surface area contributed by atoms with E-state index in [0.717, 1.165) is 18.2 Å². The van der Waals surface area contributed by atoms with E-state index in [1.54, 1.807) is 16.2 Å². The molecule has 1 aliphatic heterocycles. The van der Waals surface area contributed by atoms with Crippen molar-refractivity contribution >= 4 is 22.4 Å². The first-order valence-electron chi connectivity index (χ1n) is 5.72. The van der Waals surface area contributed by atoms with Crippen LogP contribution in [0.5, 0.6) is 0 Å². The van der Waals surface area contributed by atoms with Gasteiger partial charge in [-0.2, -0.15) is 0 Å². The number of aryl methyl sites for hydroxylation is 1. The van der Waals surface area contributed by atoms with Gasteiger partial charge in [0.1, 0.15) is 6.10 Å². The van der Waals surface area contributed by atoms with Gasteiger partial charge in [-0.05, 0) is 13.8 Å². The number of thiazole rings is 1. The predicted molar refractivity (Wildman–Crippen MR) is 67.3 cm³/mol. The summed E-state index contributed by atoms with van der Waals surface area (Å²) in [6, 6.07) is 0. The largest absolute Gasteiger partial charge is 0.384 e. The molecule has 1 aliphatic rings. The quantitative estimate of drug-likeness (QED) is 0.835. The van der Waals surface area contributed by atoms with Crippen molar-refractivity contribution in [3.8, 4) is 0 Å². The number of anilines is 1. The Kier molecular flexibility index (Phi) is 3.63. The Labute approximate surface area is 105 Å². The van der Waals surface area contributed by atoms with E-state index >= 15 is 0 Å². The van der Waals surface area contributed by atoms with Crippen molar-refractivity contribution in [3.63, 3.8) is 0 Å². The van der Waals surface area contributed by atoms with Gasteiger partial charge in [0.05, 0.1) is 0 Å². The zero-order chi connectivity index (χ0) is 12.4. The molecule has 0 bridgehead atoms. The van der Waals surface area contributed by atoms with Crippen molar-refractivity contribution in [2.45, 2.75) is 20.0 Å². The highest BCUT2D eigenvalue weighted by Gasteiger charge is 2.24. The maximum absolute atomic E-state index is 11.6. The fraction of sp³-hybridized carbons (Fsp3) is 0.636. The second-order valence-corrected chi connectivity index (χ2v) is 5.46. The van der Waals surface area contributed by atoms with Gasteiger partial charge in [-0.25, -0.2) is 4.98 Å².